The summed E-state index contributed by atoms with van der Waals surface area (Å²) in [5.41, 5.74) is 0. The Labute approximate surface area is 118 Å². The topological polar surface area (TPSA) is 21.8 Å². The van der Waals surface area contributed by atoms with Crippen LogP contribution in [0.3, 0.4) is 0 Å². The number of piperazine rings is 1. The van der Waals surface area contributed by atoms with Gasteiger partial charge in [-0.15, -0.1) is 0 Å². The number of hydrogen-bond acceptors (Lipinski definition) is 4. The van der Waals surface area contributed by atoms with Gasteiger partial charge in [-0.3, -0.25) is 9.80 Å². The fraction of sp³-hybridized carbons (Fsp3) is 1.00. The van der Waals surface area contributed by atoms with E-state index >= 15 is 0 Å². The third kappa shape index (κ3) is 3.48. The van der Waals surface area contributed by atoms with E-state index in [4.69, 9.17) is 0 Å². The van der Waals surface area contributed by atoms with Crippen LogP contribution in [0.2, 0.25) is 0 Å². The first-order valence-corrected chi connectivity index (χ1v) is 8.21. The summed E-state index contributed by atoms with van der Waals surface area (Å²) in [6.07, 6.45) is 5.61. The van der Waals surface area contributed by atoms with Gasteiger partial charge in [-0.25, -0.2) is 0 Å². The van der Waals surface area contributed by atoms with Crippen LogP contribution in [0, 0.1) is 0 Å². The molecule has 110 valence electrons. The smallest absolute Gasteiger partial charge is 0.0250 e. The van der Waals surface area contributed by atoms with Crippen LogP contribution in [0.25, 0.3) is 0 Å². The van der Waals surface area contributed by atoms with E-state index < -0.39 is 0 Å². The lowest BCUT2D eigenvalue weighted by atomic mass is 10.0. The molecular formula is C15H30N4. The summed E-state index contributed by atoms with van der Waals surface area (Å²) < 4.78 is 0. The average Bonchev–Trinajstić information content (AvgIpc) is 3.08. The van der Waals surface area contributed by atoms with E-state index in [1.807, 2.05) is 0 Å². The van der Waals surface area contributed by atoms with Crippen molar-refractivity contribution >= 4 is 0 Å². The molecule has 4 nitrogen and oxygen atoms in total. The van der Waals surface area contributed by atoms with Gasteiger partial charge in [-0.2, -0.15) is 0 Å². The molecule has 3 heterocycles. The van der Waals surface area contributed by atoms with E-state index in [0.29, 0.717) is 0 Å². The molecule has 3 fully saturated rings. The minimum absolute atomic E-state index is 0.787. The maximum absolute atomic E-state index is 3.71. The normalized spacial score (nSPS) is 35.2. The Morgan fingerprint density at radius 3 is 2.53 bits per heavy atom. The molecule has 19 heavy (non-hydrogen) atoms. The van der Waals surface area contributed by atoms with Gasteiger partial charge in [0, 0.05) is 51.4 Å². The van der Waals surface area contributed by atoms with Crippen molar-refractivity contribution in [1.82, 2.24) is 20.0 Å². The molecule has 0 bridgehead atoms. The van der Waals surface area contributed by atoms with E-state index in [-0.39, 0.29) is 0 Å². The highest BCUT2D eigenvalue weighted by Crippen LogP contribution is 2.24. The fourth-order valence-corrected chi connectivity index (χ4v) is 3.97. The van der Waals surface area contributed by atoms with Crippen molar-refractivity contribution < 1.29 is 0 Å². The molecule has 2 unspecified atom stereocenters. The zero-order valence-corrected chi connectivity index (χ0v) is 12.5. The highest BCUT2D eigenvalue weighted by molar-refractivity contribution is 4.92. The molecule has 0 radical (unpaired) electrons. The Hall–Kier alpha value is -0.160. The predicted octanol–water partition coefficient (Wildman–Crippen LogP) is 0.450. The standard InChI is InChI=1S/C15H30N4/c1-17-8-10-18(11-9-17)12-13-19-7-3-5-15(19)14-4-2-6-16-14/h14-16H,2-13H2,1H3. The second kappa shape index (κ2) is 6.53. The number of hydrogen-bond donors (Lipinski definition) is 1. The first kappa shape index (κ1) is 13.8. The average molecular weight is 266 g/mol. The Morgan fingerprint density at radius 1 is 0.947 bits per heavy atom. The summed E-state index contributed by atoms with van der Waals surface area (Å²) in [7, 11) is 2.24. The van der Waals surface area contributed by atoms with Crippen LogP contribution in [0.15, 0.2) is 0 Å². The third-order valence-electron chi connectivity index (χ3n) is 5.28. The second-order valence-corrected chi connectivity index (χ2v) is 6.59. The van der Waals surface area contributed by atoms with E-state index in [9.17, 15) is 0 Å². The van der Waals surface area contributed by atoms with Crippen LogP contribution < -0.4 is 5.32 Å². The molecule has 3 aliphatic rings. The summed E-state index contributed by atoms with van der Waals surface area (Å²) >= 11 is 0. The highest BCUT2D eigenvalue weighted by Gasteiger charge is 2.33. The first-order chi connectivity index (χ1) is 9.33. The van der Waals surface area contributed by atoms with Crippen LogP contribution in [0.5, 0.6) is 0 Å². The Kier molecular flexibility index (Phi) is 4.74. The molecule has 3 saturated heterocycles. The maximum Gasteiger partial charge on any atom is 0.0250 e. The third-order valence-corrected chi connectivity index (χ3v) is 5.28. The van der Waals surface area contributed by atoms with Gasteiger partial charge in [0.05, 0.1) is 0 Å². The van der Waals surface area contributed by atoms with Gasteiger partial charge in [0.15, 0.2) is 0 Å². The Bertz CT molecular complexity index is 269. The van der Waals surface area contributed by atoms with Gasteiger partial charge in [-0.05, 0) is 45.8 Å². The molecule has 0 aromatic rings. The lowest BCUT2D eigenvalue weighted by Gasteiger charge is -2.35. The number of rotatable bonds is 4. The quantitative estimate of drug-likeness (QED) is 0.797. The maximum atomic E-state index is 3.71. The summed E-state index contributed by atoms with van der Waals surface area (Å²) in [4.78, 5) is 7.86. The van der Waals surface area contributed by atoms with Gasteiger partial charge in [-0.1, -0.05) is 0 Å². The number of nitrogens with one attached hydrogen (secondary N) is 1. The van der Waals surface area contributed by atoms with Crippen LogP contribution >= 0.6 is 0 Å². The van der Waals surface area contributed by atoms with Gasteiger partial charge >= 0.3 is 0 Å². The second-order valence-electron chi connectivity index (χ2n) is 6.59. The summed E-state index contributed by atoms with van der Waals surface area (Å²) in [6.45, 7) is 10.1. The summed E-state index contributed by atoms with van der Waals surface area (Å²) in [6, 6.07) is 1.62. The highest BCUT2D eigenvalue weighted by atomic mass is 15.3. The Morgan fingerprint density at radius 2 is 1.79 bits per heavy atom. The minimum Gasteiger partial charge on any atom is -0.312 e. The molecule has 3 rings (SSSR count). The molecule has 0 amide bonds. The first-order valence-electron chi connectivity index (χ1n) is 8.21. The number of likely N-dealkylation sites (tertiary alicyclic amines) is 1. The SMILES string of the molecule is CN1CCN(CCN2CCCC2C2CCCN2)CC1. The molecule has 1 N–H and O–H groups in total. The monoisotopic (exact) mass is 266 g/mol. The molecule has 0 aromatic carbocycles. The summed E-state index contributed by atoms with van der Waals surface area (Å²) in [5, 5.41) is 3.71. The van der Waals surface area contributed by atoms with Crippen molar-refractivity contribution in [3.63, 3.8) is 0 Å². The zero-order chi connectivity index (χ0) is 13.1. The lowest BCUT2D eigenvalue weighted by molar-refractivity contribution is 0.126. The number of nitrogens with zero attached hydrogens (tertiary/aromatic N) is 3. The fourth-order valence-electron chi connectivity index (χ4n) is 3.97. The molecule has 0 saturated carbocycles. The lowest BCUT2D eigenvalue weighted by Crippen LogP contribution is -2.49. The number of likely N-dealkylation sites (N-methyl/N-ethyl adjacent to an activating group) is 1. The zero-order valence-electron chi connectivity index (χ0n) is 12.5. The van der Waals surface area contributed by atoms with Crippen molar-refractivity contribution in [2.45, 2.75) is 37.8 Å². The van der Waals surface area contributed by atoms with Crippen molar-refractivity contribution in [2.24, 2.45) is 0 Å². The van der Waals surface area contributed by atoms with Crippen molar-refractivity contribution in [3.8, 4) is 0 Å². The molecule has 0 aliphatic carbocycles. The molecule has 3 aliphatic heterocycles. The van der Waals surface area contributed by atoms with E-state index in [1.165, 1.54) is 78.0 Å². The van der Waals surface area contributed by atoms with Gasteiger partial charge in [0.1, 0.15) is 0 Å². The van der Waals surface area contributed by atoms with Crippen molar-refractivity contribution in [3.05, 3.63) is 0 Å². The van der Waals surface area contributed by atoms with E-state index in [1.54, 1.807) is 0 Å². The van der Waals surface area contributed by atoms with E-state index in [2.05, 4.69) is 27.1 Å². The molecule has 0 spiro atoms. The van der Waals surface area contributed by atoms with Crippen LogP contribution in [-0.2, 0) is 0 Å². The van der Waals surface area contributed by atoms with Crippen molar-refractivity contribution in [1.29, 1.82) is 0 Å². The van der Waals surface area contributed by atoms with Crippen LogP contribution in [0.4, 0.5) is 0 Å². The van der Waals surface area contributed by atoms with E-state index in [0.717, 1.165) is 12.1 Å². The molecule has 4 heteroatoms. The molecule has 0 aromatic heterocycles. The molecule has 2 atom stereocenters. The summed E-state index contributed by atoms with van der Waals surface area (Å²) in [5.74, 6) is 0. The van der Waals surface area contributed by atoms with Crippen molar-refractivity contribution in [2.75, 3.05) is 59.4 Å². The van der Waals surface area contributed by atoms with Crippen LogP contribution in [-0.4, -0.2) is 86.2 Å². The van der Waals surface area contributed by atoms with Gasteiger partial charge in [0.25, 0.3) is 0 Å². The minimum atomic E-state index is 0.787. The van der Waals surface area contributed by atoms with Gasteiger partial charge in [0.2, 0.25) is 0 Å². The molecular weight excluding hydrogens is 236 g/mol. The van der Waals surface area contributed by atoms with Gasteiger partial charge < -0.3 is 10.2 Å². The van der Waals surface area contributed by atoms with Crippen LogP contribution in [0.1, 0.15) is 25.7 Å². The largest absolute Gasteiger partial charge is 0.312 e. The Balaban J connectivity index is 1.43. The predicted molar refractivity (Wildman–Crippen MR) is 79.6 cm³/mol.